The van der Waals surface area contributed by atoms with Crippen LogP contribution in [-0.4, -0.2) is 49.9 Å². The molecule has 1 aliphatic rings. The van der Waals surface area contributed by atoms with Crippen LogP contribution >= 0.6 is 11.6 Å². The van der Waals surface area contributed by atoms with Crippen LogP contribution in [0.2, 0.25) is 5.02 Å². The molecule has 3 atom stereocenters. The van der Waals surface area contributed by atoms with Crippen LogP contribution in [0.25, 0.3) is 0 Å². The molecule has 0 aromatic heterocycles. The maximum atomic E-state index is 12.5. The lowest BCUT2D eigenvalue weighted by atomic mass is 10.1. The molecule has 1 fully saturated rings. The zero-order valence-corrected chi connectivity index (χ0v) is 15.2. The molecule has 0 bridgehead atoms. The highest BCUT2D eigenvalue weighted by Crippen LogP contribution is 2.20. The summed E-state index contributed by atoms with van der Waals surface area (Å²) in [5.74, 6) is 0.128. The van der Waals surface area contributed by atoms with E-state index in [9.17, 15) is 13.2 Å². The lowest BCUT2D eigenvalue weighted by Crippen LogP contribution is -2.48. The molecule has 1 saturated heterocycles. The molecule has 1 N–H and O–H groups in total. The summed E-state index contributed by atoms with van der Waals surface area (Å²) < 4.78 is 23.1. The Morgan fingerprint density at radius 1 is 1.39 bits per heavy atom. The van der Waals surface area contributed by atoms with Gasteiger partial charge in [-0.25, -0.2) is 8.42 Å². The van der Waals surface area contributed by atoms with E-state index in [1.54, 1.807) is 24.9 Å². The molecule has 0 radical (unpaired) electrons. The highest BCUT2D eigenvalue weighted by molar-refractivity contribution is 7.91. The first-order valence-electron chi connectivity index (χ1n) is 7.68. The minimum atomic E-state index is -3.00. The van der Waals surface area contributed by atoms with Crippen molar-refractivity contribution in [2.24, 2.45) is 0 Å². The number of benzene rings is 1. The average Bonchev–Trinajstić information content (AvgIpc) is 2.85. The number of carbonyl (C=O) groups is 1. The second-order valence-corrected chi connectivity index (χ2v) is 8.84. The first-order chi connectivity index (χ1) is 10.7. The largest absolute Gasteiger partial charge is 0.340 e. The fraction of sp³-hybridized carbons (Fsp3) is 0.562. The van der Waals surface area contributed by atoms with E-state index in [0.717, 1.165) is 5.56 Å². The predicted octanol–water partition coefficient (Wildman–Crippen LogP) is 2.02. The molecule has 128 valence electrons. The van der Waals surface area contributed by atoms with Gasteiger partial charge in [-0.2, -0.15) is 0 Å². The van der Waals surface area contributed by atoms with Crippen molar-refractivity contribution in [2.45, 2.75) is 38.4 Å². The van der Waals surface area contributed by atoms with E-state index in [1.807, 2.05) is 25.1 Å². The smallest absolute Gasteiger partial charge is 0.239 e. The molecule has 0 unspecified atom stereocenters. The Hall–Kier alpha value is -1.11. The van der Waals surface area contributed by atoms with Crippen molar-refractivity contribution in [3.05, 3.63) is 34.9 Å². The number of nitrogens with zero attached hydrogens (tertiary/aromatic N) is 1. The third-order valence-corrected chi connectivity index (χ3v) is 6.31. The molecule has 0 saturated carbocycles. The van der Waals surface area contributed by atoms with Gasteiger partial charge >= 0.3 is 0 Å². The Balaban J connectivity index is 1.97. The quantitative estimate of drug-likeness (QED) is 0.874. The molecule has 2 rings (SSSR count). The van der Waals surface area contributed by atoms with E-state index in [0.29, 0.717) is 11.4 Å². The van der Waals surface area contributed by atoms with Gasteiger partial charge in [0.25, 0.3) is 0 Å². The van der Waals surface area contributed by atoms with Gasteiger partial charge in [0.1, 0.15) is 0 Å². The highest BCUT2D eigenvalue weighted by Gasteiger charge is 2.34. The molecule has 1 heterocycles. The van der Waals surface area contributed by atoms with Crippen molar-refractivity contribution in [3.63, 3.8) is 0 Å². The summed E-state index contributed by atoms with van der Waals surface area (Å²) in [6.45, 7) is 3.76. The topological polar surface area (TPSA) is 66.5 Å². The zero-order chi connectivity index (χ0) is 17.2. The van der Waals surface area contributed by atoms with E-state index in [4.69, 9.17) is 11.6 Å². The van der Waals surface area contributed by atoms with Gasteiger partial charge in [0.15, 0.2) is 9.84 Å². The summed E-state index contributed by atoms with van der Waals surface area (Å²) in [5, 5.41) is 3.90. The third kappa shape index (κ3) is 4.68. The number of amides is 1. The molecule has 0 aliphatic carbocycles. The van der Waals surface area contributed by atoms with E-state index in [2.05, 4.69) is 5.32 Å². The number of carbonyl (C=O) groups excluding carboxylic acids is 1. The fourth-order valence-electron chi connectivity index (χ4n) is 2.88. The van der Waals surface area contributed by atoms with Crippen molar-refractivity contribution in [3.8, 4) is 0 Å². The van der Waals surface area contributed by atoms with Crippen LogP contribution in [0.3, 0.4) is 0 Å². The minimum absolute atomic E-state index is 0.0339. The van der Waals surface area contributed by atoms with Crippen molar-refractivity contribution in [2.75, 3.05) is 18.6 Å². The summed E-state index contributed by atoms with van der Waals surface area (Å²) in [6, 6.07) is 6.83. The minimum Gasteiger partial charge on any atom is -0.340 e. The van der Waals surface area contributed by atoms with Gasteiger partial charge < -0.3 is 4.90 Å². The molecular weight excluding hydrogens is 336 g/mol. The number of rotatable bonds is 5. The standard InChI is InChI=1S/C16H23ClN2O3S/c1-11(13-5-4-6-14(17)9-13)18-12(2)16(20)19(3)15-7-8-23(21,22)10-15/h4-6,9,11-12,15,18H,7-8,10H2,1-3H3/t11-,12-,15-/m0/s1. The van der Waals surface area contributed by atoms with Crippen molar-refractivity contribution >= 4 is 27.3 Å². The SMILES string of the molecule is C[C@H](N[C@@H](C)c1cccc(Cl)c1)C(=O)N(C)[C@H]1CCS(=O)(=O)C1. The van der Waals surface area contributed by atoms with Crippen LogP contribution in [0, 0.1) is 0 Å². The van der Waals surface area contributed by atoms with E-state index in [1.165, 1.54) is 0 Å². The summed E-state index contributed by atoms with van der Waals surface area (Å²) in [4.78, 5) is 14.1. The monoisotopic (exact) mass is 358 g/mol. The fourth-order valence-corrected chi connectivity index (χ4v) is 4.86. The summed E-state index contributed by atoms with van der Waals surface area (Å²) in [5.41, 5.74) is 1.00. The maximum absolute atomic E-state index is 12.5. The third-order valence-electron chi connectivity index (χ3n) is 4.32. The van der Waals surface area contributed by atoms with Gasteiger partial charge in [-0.3, -0.25) is 10.1 Å². The van der Waals surface area contributed by atoms with Crippen LogP contribution in [0.4, 0.5) is 0 Å². The van der Waals surface area contributed by atoms with Crippen LogP contribution in [-0.2, 0) is 14.6 Å². The molecule has 23 heavy (non-hydrogen) atoms. The molecule has 1 aliphatic heterocycles. The molecule has 5 nitrogen and oxygen atoms in total. The molecule has 1 aromatic carbocycles. The van der Waals surface area contributed by atoms with Crippen molar-refractivity contribution < 1.29 is 13.2 Å². The van der Waals surface area contributed by atoms with Gasteiger partial charge in [-0.15, -0.1) is 0 Å². The van der Waals surface area contributed by atoms with E-state index < -0.39 is 15.9 Å². The van der Waals surface area contributed by atoms with Gasteiger partial charge in [-0.05, 0) is 38.0 Å². The number of hydrogen-bond donors (Lipinski definition) is 1. The zero-order valence-electron chi connectivity index (χ0n) is 13.6. The van der Waals surface area contributed by atoms with Crippen LogP contribution in [0.5, 0.6) is 0 Å². The second kappa shape index (κ2) is 7.20. The number of hydrogen-bond acceptors (Lipinski definition) is 4. The van der Waals surface area contributed by atoms with Crippen LogP contribution in [0.15, 0.2) is 24.3 Å². The molecule has 0 spiro atoms. The summed E-state index contributed by atoms with van der Waals surface area (Å²) in [7, 11) is -1.32. The van der Waals surface area contributed by atoms with Gasteiger partial charge in [0.05, 0.1) is 17.5 Å². The van der Waals surface area contributed by atoms with Crippen LogP contribution in [0.1, 0.15) is 31.9 Å². The van der Waals surface area contributed by atoms with Gasteiger partial charge in [0, 0.05) is 24.2 Å². The molecule has 1 amide bonds. The predicted molar refractivity (Wildman–Crippen MR) is 92.3 cm³/mol. The molecule has 1 aromatic rings. The van der Waals surface area contributed by atoms with E-state index in [-0.39, 0.29) is 29.5 Å². The number of nitrogens with one attached hydrogen (secondary N) is 1. The normalized spacial score (nSPS) is 22.5. The average molecular weight is 359 g/mol. The van der Waals surface area contributed by atoms with Crippen molar-refractivity contribution in [1.82, 2.24) is 10.2 Å². The van der Waals surface area contributed by atoms with Gasteiger partial charge in [-0.1, -0.05) is 23.7 Å². The Labute approximate surface area is 142 Å². The first kappa shape index (κ1) is 18.2. The molecule has 7 heteroatoms. The first-order valence-corrected chi connectivity index (χ1v) is 9.88. The lowest BCUT2D eigenvalue weighted by Gasteiger charge is -2.28. The van der Waals surface area contributed by atoms with Gasteiger partial charge in [0.2, 0.25) is 5.91 Å². The Bertz CT molecular complexity index is 678. The summed E-state index contributed by atoms with van der Waals surface area (Å²) in [6.07, 6.45) is 0.515. The highest BCUT2D eigenvalue weighted by atomic mass is 35.5. The summed E-state index contributed by atoms with van der Waals surface area (Å²) >= 11 is 5.99. The van der Waals surface area contributed by atoms with E-state index >= 15 is 0 Å². The number of sulfone groups is 1. The van der Waals surface area contributed by atoms with Crippen LogP contribution < -0.4 is 5.32 Å². The number of halogens is 1. The Kier molecular flexibility index (Phi) is 5.70. The Morgan fingerprint density at radius 3 is 2.65 bits per heavy atom. The Morgan fingerprint density at radius 2 is 2.09 bits per heavy atom. The lowest BCUT2D eigenvalue weighted by molar-refractivity contribution is -0.133. The second-order valence-electron chi connectivity index (χ2n) is 6.17. The number of likely N-dealkylation sites (N-methyl/N-ethyl adjacent to an activating group) is 1. The maximum Gasteiger partial charge on any atom is 0.239 e. The molecular formula is C16H23ClN2O3S. The van der Waals surface area contributed by atoms with Crippen molar-refractivity contribution in [1.29, 1.82) is 0 Å².